The molecule has 2 rings (SSSR count). The highest BCUT2D eigenvalue weighted by Gasteiger charge is 2.25. The first-order valence-electron chi connectivity index (χ1n) is 7.62. The lowest BCUT2D eigenvalue weighted by molar-refractivity contribution is 0.725. The third kappa shape index (κ3) is 3.58. The summed E-state index contributed by atoms with van der Waals surface area (Å²) in [4.78, 5) is 11.4. The summed E-state index contributed by atoms with van der Waals surface area (Å²) in [5, 5.41) is 3.42. The number of nitrogens with zero attached hydrogens (tertiary/aromatic N) is 3. The van der Waals surface area contributed by atoms with E-state index in [1.54, 1.807) is 6.33 Å². The Bertz CT molecular complexity index is 401. The Morgan fingerprint density at radius 1 is 1.26 bits per heavy atom. The lowest BCUT2D eigenvalue weighted by Crippen LogP contribution is -2.28. The lowest BCUT2D eigenvalue weighted by atomic mass is 10.2. The van der Waals surface area contributed by atoms with Gasteiger partial charge in [-0.15, -0.1) is 0 Å². The highest BCUT2D eigenvalue weighted by Crippen LogP contribution is 2.32. The first-order chi connectivity index (χ1) is 9.30. The van der Waals surface area contributed by atoms with E-state index in [0.717, 1.165) is 50.0 Å². The van der Waals surface area contributed by atoms with E-state index in [0.29, 0.717) is 0 Å². The van der Waals surface area contributed by atoms with Gasteiger partial charge in [-0.2, -0.15) is 0 Å². The van der Waals surface area contributed by atoms with E-state index >= 15 is 0 Å². The molecule has 0 bridgehead atoms. The minimum absolute atomic E-state index is 0.881. The quantitative estimate of drug-likeness (QED) is 0.781. The molecule has 0 aromatic carbocycles. The number of aromatic nitrogens is 2. The molecule has 106 valence electrons. The highest BCUT2D eigenvalue weighted by molar-refractivity contribution is 5.58. The molecule has 1 aliphatic carbocycles. The van der Waals surface area contributed by atoms with Gasteiger partial charge >= 0.3 is 0 Å². The van der Waals surface area contributed by atoms with Crippen LogP contribution in [0.5, 0.6) is 0 Å². The molecular weight excluding hydrogens is 236 g/mol. The molecule has 0 radical (unpaired) electrons. The van der Waals surface area contributed by atoms with Crippen molar-refractivity contribution in [3.05, 3.63) is 11.9 Å². The molecule has 0 aliphatic heterocycles. The Labute approximate surface area is 116 Å². The second kappa shape index (κ2) is 6.73. The van der Waals surface area contributed by atoms with E-state index in [-0.39, 0.29) is 0 Å². The van der Waals surface area contributed by atoms with Crippen LogP contribution in [0.4, 0.5) is 11.6 Å². The lowest BCUT2D eigenvalue weighted by Gasteiger charge is -2.25. The van der Waals surface area contributed by atoms with Crippen molar-refractivity contribution in [2.24, 2.45) is 5.92 Å². The normalized spacial score (nSPS) is 14.5. The van der Waals surface area contributed by atoms with Gasteiger partial charge in [-0.25, -0.2) is 9.97 Å². The summed E-state index contributed by atoms with van der Waals surface area (Å²) < 4.78 is 0. The van der Waals surface area contributed by atoms with Crippen molar-refractivity contribution in [1.82, 2.24) is 9.97 Å². The maximum absolute atomic E-state index is 4.55. The minimum atomic E-state index is 0.881. The Balaban J connectivity index is 2.20. The van der Waals surface area contributed by atoms with Crippen LogP contribution in [-0.2, 0) is 6.42 Å². The first kappa shape index (κ1) is 14.1. The van der Waals surface area contributed by atoms with Crippen LogP contribution >= 0.6 is 0 Å². The second-order valence-corrected chi connectivity index (χ2v) is 5.29. The van der Waals surface area contributed by atoms with Crippen molar-refractivity contribution < 1.29 is 0 Å². The third-order valence-electron chi connectivity index (χ3n) is 3.68. The van der Waals surface area contributed by atoms with Gasteiger partial charge in [-0.1, -0.05) is 13.8 Å². The SMILES string of the molecule is CCCNc1ncnc(N(CC)CC2CC2)c1CC. The van der Waals surface area contributed by atoms with Crippen molar-refractivity contribution in [3.8, 4) is 0 Å². The van der Waals surface area contributed by atoms with Gasteiger partial charge < -0.3 is 10.2 Å². The van der Waals surface area contributed by atoms with Gasteiger partial charge in [-0.3, -0.25) is 0 Å². The molecule has 0 spiro atoms. The molecule has 1 aliphatic rings. The zero-order valence-corrected chi connectivity index (χ0v) is 12.4. The predicted octanol–water partition coefficient (Wildman–Crippen LogP) is 3.10. The van der Waals surface area contributed by atoms with Crippen molar-refractivity contribution in [2.75, 3.05) is 29.9 Å². The van der Waals surface area contributed by atoms with Gasteiger partial charge in [0.1, 0.15) is 18.0 Å². The molecule has 0 saturated heterocycles. The topological polar surface area (TPSA) is 41.1 Å². The van der Waals surface area contributed by atoms with Crippen molar-refractivity contribution in [3.63, 3.8) is 0 Å². The molecule has 0 unspecified atom stereocenters. The summed E-state index contributed by atoms with van der Waals surface area (Å²) in [6.45, 7) is 9.71. The van der Waals surface area contributed by atoms with Gasteiger partial charge in [0.25, 0.3) is 0 Å². The average Bonchev–Trinajstić information content (AvgIpc) is 3.26. The zero-order valence-electron chi connectivity index (χ0n) is 12.4. The number of rotatable bonds is 8. The van der Waals surface area contributed by atoms with E-state index in [1.165, 1.54) is 18.4 Å². The molecular formula is C15H26N4. The van der Waals surface area contributed by atoms with Crippen LogP contribution in [0.25, 0.3) is 0 Å². The molecule has 4 nitrogen and oxygen atoms in total. The molecule has 0 atom stereocenters. The number of anilines is 2. The van der Waals surface area contributed by atoms with Gasteiger partial charge in [0, 0.05) is 25.2 Å². The van der Waals surface area contributed by atoms with Crippen LogP contribution < -0.4 is 10.2 Å². The highest BCUT2D eigenvalue weighted by atomic mass is 15.2. The molecule has 1 aromatic heterocycles. The summed E-state index contributed by atoms with van der Waals surface area (Å²) in [6, 6.07) is 0. The Morgan fingerprint density at radius 3 is 2.63 bits per heavy atom. The fourth-order valence-electron chi connectivity index (χ4n) is 2.37. The number of hydrogen-bond donors (Lipinski definition) is 1. The van der Waals surface area contributed by atoms with E-state index in [2.05, 4.69) is 41.0 Å². The molecule has 19 heavy (non-hydrogen) atoms. The van der Waals surface area contributed by atoms with E-state index in [4.69, 9.17) is 0 Å². The number of nitrogens with one attached hydrogen (secondary N) is 1. The van der Waals surface area contributed by atoms with Crippen LogP contribution in [0.15, 0.2) is 6.33 Å². The van der Waals surface area contributed by atoms with Gasteiger partial charge in [0.2, 0.25) is 0 Å². The van der Waals surface area contributed by atoms with Crippen LogP contribution in [0.2, 0.25) is 0 Å². The maximum atomic E-state index is 4.55. The molecule has 1 saturated carbocycles. The summed E-state index contributed by atoms with van der Waals surface area (Å²) in [7, 11) is 0. The fourth-order valence-corrected chi connectivity index (χ4v) is 2.37. The largest absolute Gasteiger partial charge is 0.370 e. The second-order valence-electron chi connectivity index (χ2n) is 5.29. The summed E-state index contributed by atoms with van der Waals surface area (Å²) in [6.07, 6.45) is 6.54. The smallest absolute Gasteiger partial charge is 0.137 e. The molecule has 4 heteroatoms. The predicted molar refractivity (Wildman–Crippen MR) is 80.8 cm³/mol. The van der Waals surface area contributed by atoms with Crippen LogP contribution in [0.3, 0.4) is 0 Å². The van der Waals surface area contributed by atoms with Crippen molar-refractivity contribution in [2.45, 2.75) is 46.5 Å². The van der Waals surface area contributed by atoms with E-state index < -0.39 is 0 Å². The standard InChI is InChI=1S/C15H26N4/c1-4-9-16-14-13(5-2)15(18-11-17-14)19(6-3)10-12-7-8-12/h11-12H,4-10H2,1-3H3,(H,16,17,18). The molecule has 1 heterocycles. The van der Waals surface area contributed by atoms with Gasteiger partial charge in [0.05, 0.1) is 0 Å². The molecule has 1 aromatic rings. The summed E-state index contributed by atoms with van der Waals surface area (Å²) in [5.41, 5.74) is 1.26. The third-order valence-corrected chi connectivity index (χ3v) is 3.68. The average molecular weight is 262 g/mol. The van der Waals surface area contributed by atoms with Gasteiger partial charge in [0.15, 0.2) is 0 Å². The van der Waals surface area contributed by atoms with Crippen LogP contribution in [0.1, 0.15) is 45.6 Å². The first-order valence-corrected chi connectivity index (χ1v) is 7.62. The monoisotopic (exact) mass is 262 g/mol. The van der Waals surface area contributed by atoms with E-state index in [9.17, 15) is 0 Å². The molecule has 1 N–H and O–H groups in total. The summed E-state index contributed by atoms with van der Waals surface area (Å²) >= 11 is 0. The maximum Gasteiger partial charge on any atom is 0.137 e. The molecule has 1 fully saturated rings. The Kier molecular flexibility index (Phi) is 5.00. The fraction of sp³-hybridized carbons (Fsp3) is 0.733. The number of hydrogen-bond acceptors (Lipinski definition) is 4. The molecule has 0 amide bonds. The van der Waals surface area contributed by atoms with Crippen LogP contribution in [-0.4, -0.2) is 29.6 Å². The van der Waals surface area contributed by atoms with Crippen molar-refractivity contribution in [1.29, 1.82) is 0 Å². The van der Waals surface area contributed by atoms with E-state index in [1.807, 2.05) is 0 Å². The Morgan fingerprint density at radius 2 is 2.05 bits per heavy atom. The van der Waals surface area contributed by atoms with Gasteiger partial charge in [-0.05, 0) is 38.5 Å². The Hall–Kier alpha value is -1.32. The zero-order chi connectivity index (χ0) is 13.7. The minimum Gasteiger partial charge on any atom is -0.370 e. The van der Waals surface area contributed by atoms with Crippen molar-refractivity contribution >= 4 is 11.6 Å². The van der Waals surface area contributed by atoms with Crippen LogP contribution in [0, 0.1) is 5.92 Å². The summed E-state index contributed by atoms with van der Waals surface area (Å²) in [5.74, 6) is 3.03.